The molecule has 30 heavy (non-hydrogen) atoms. The molecule has 0 unspecified atom stereocenters. The first-order valence-electron chi connectivity index (χ1n) is 10.7. The summed E-state index contributed by atoms with van der Waals surface area (Å²) in [5.41, 5.74) is 0.949. The standard InChI is InChI=1S/C22H36FN5O2/c1-5-6-11-24-22(25-15-21(29)27(2)3)26-18-9-12-28(13-10-18)16-17-7-8-20(30-4)19(23)14-17/h7-8,14,18H,5-6,9-13,15-16H2,1-4H3,(H2,24,25,26). The molecular weight excluding hydrogens is 385 g/mol. The maximum Gasteiger partial charge on any atom is 0.243 e. The minimum Gasteiger partial charge on any atom is -0.494 e. The molecule has 2 rings (SSSR count). The molecule has 0 bridgehead atoms. The summed E-state index contributed by atoms with van der Waals surface area (Å²) < 4.78 is 18.9. The molecule has 0 aliphatic carbocycles. The molecule has 1 aliphatic heterocycles. The molecule has 1 aromatic rings. The third-order valence-electron chi connectivity index (χ3n) is 5.24. The van der Waals surface area contributed by atoms with Gasteiger partial charge in [0.25, 0.3) is 0 Å². The van der Waals surface area contributed by atoms with E-state index in [1.54, 1.807) is 31.1 Å². The van der Waals surface area contributed by atoms with Gasteiger partial charge in [0.15, 0.2) is 17.5 Å². The van der Waals surface area contributed by atoms with E-state index in [-0.39, 0.29) is 24.0 Å². The zero-order chi connectivity index (χ0) is 21.9. The largest absolute Gasteiger partial charge is 0.494 e. The molecule has 1 fully saturated rings. The highest BCUT2D eigenvalue weighted by Crippen LogP contribution is 2.20. The number of carbonyl (C=O) groups is 1. The van der Waals surface area contributed by atoms with E-state index in [2.05, 4.69) is 27.4 Å². The maximum absolute atomic E-state index is 13.9. The number of amides is 1. The van der Waals surface area contributed by atoms with Gasteiger partial charge in [0.05, 0.1) is 7.11 Å². The Bertz CT molecular complexity index is 703. The van der Waals surface area contributed by atoms with Crippen LogP contribution in [0.4, 0.5) is 4.39 Å². The SMILES string of the molecule is CCCCNC(=NCC(=O)N(C)C)NC1CCN(Cc2ccc(OC)c(F)c2)CC1. The Morgan fingerprint density at radius 1 is 1.33 bits per heavy atom. The van der Waals surface area contributed by atoms with Crippen LogP contribution in [-0.2, 0) is 11.3 Å². The summed E-state index contributed by atoms with van der Waals surface area (Å²) in [7, 11) is 4.95. The van der Waals surface area contributed by atoms with E-state index >= 15 is 0 Å². The quantitative estimate of drug-likeness (QED) is 0.364. The molecule has 0 saturated carbocycles. The van der Waals surface area contributed by atoms with Crippen molar-refractivity contribution in [2.75, 3.05) is 47.4 Å². The fourth-order valence-electron chi connectivity index (χ4n) is 3.32. The number of methoxy groups -OCH3 is 1. The number of likely N-dealkylation sites (tertiary alicyclic amines) is 1. The van der Waals surface area contributed by atoms with Crippen LogP contribution in [0.5, 0.6) is 5.75 Å². The number of rotatable bonds is 9. The minimum atomic E-state index is -0.321. The van der Waals surface area contributed by atoms with Crippen molar-refractivity contribution in [3.05, 3.63) is 29.6 Å². The second kappa shape index (κ2) is 12.4. The van der Waals surface area contributed by atoms with Crippen molar-refractivity contribution >= 4 is 11.9 Å². The van der Waals surface area contributed by atoms with Crippen molar-refractivity contribution in [1.29, 1.82) is 0 Å². The highest BCUT2D eigenvalue weighted by molar-refractivity contribution is 5.84. The van der Waals surface area contributed by atoms with Crippen LogP contribution in [-0.4, -0.2) is 75.1 Å². The molecule has 1 saturated heterocycles. The summed E-state index contributed by atoms with van der Waals surface area (Å²) in [5.74, 6) is 0.636. The number of likely N-dealkylation sites (N-methyl/N-ethyl adjacent to an activating group) is 1. The maximum atomic E-state index is 13.9. The summed E-state index contributed by atoms with van der Waals surface area (Å²) >= 11 is 0. The molecule has 0 atom stereocenters. The minimum absolute atomic E-state index is 0.0202. The Kier molecular flexibility index (Phi) is 9.86. The Morgan fingerprint density at radius 3 is 2.67 bits per heavy atom. The predicted molar refractivity (Wildman–Crippen MR) is 118 cm³/mol. The van der Waals surface area contributed by atoms with Crippen LogP contribution < -0.4 is 15.4 Å². The summed E-state index contributed by atoms with van der Waals surface area (Å²) in [4.78, 5) is 20.2. The monoisotopic (exact) mass is 421 g/mol. The smallest absolute Gasteiger partial charge is 0.243 e. The third kappa shape index (κ3) is 7.82. The lowest BCUT2D eigenvalue weighted by molar-refractivity contribution is -0.127. The van der Waals surface area contributed by atoms with Crippen LogP contribution in [0.2, 0.25) is 0 Å². The second-order valence-corrected chi connectivity index (χ2v) is 7.90. The van der Waals surface area contributed by atoms with Crippen molar-refractivity contribution < 1.29 is 13.9 Å². The van der Waals surface area contributed by atoms with Crippen molar-refractivity contribution in [1.82, 2.24) is 20.4 Å². The molecule has 0 radical (unpaired) electrons. The summed E-state index contributed by atoms with van der Waals surface area (Å²) in [6, 6.07) is 5.44. The molecule has 0 spiro atoms. The van der Waals surface area contributed by atoms with Crippen molar-refractivity contribution in [3.8, 4) is 5.75 Å². The van der Waals surface area contributed by atoms with Gasteiger partial charge in [-0.15, -0.1) is 0 Å². The summed E-state index contributed by atoms with van der Waals surface area (Å²) in [5, 5.41) is 6.81. The van der Waals surface area contributed by atoms with Gasteiger partial charge in [0.2, 0.25) is 5.91 Å². The number of unbranched alkanes of at least 4 members (excludes halogenated alkanes) is 1. The van der Waals surface area contributed by atoms with Crippen molar-refractivity contribution in [2.24, 2.45) is 4.99 Å². The second-order valence-electron chi connectivity index (χ2n) is 7.90. The molecule has 1 aromatic carbocycles. The van der Waals surface area contributed by atoms with Crippen molar-refractivity contribution in [3.63, 3.8) is 0 Å². The normalized spacial score (nSPS) is 15.7. The lowest BCUT2D eigenvalue weighted by Crippen LogP contribution is -2.49. The number of guanidine groups is 1. The fourth-order valence-corrected chi connectivity index (χ4v) is 3.32. The Balaban J connectivity index is 1.85. The first kappa shape index (κ1) is 23.9. The summed E-state index contributed by atoms with van der Waals surface area (Å²) in [6.07, 6.45) is 4.09. The number of hydrogen-bond donors (Lipinski definition) is 2. The molecule has 1 amide bonds. The van der Waals surface area contributed by atoms with E-state index < -0.39 is 0 Å². The molecular formula is C22H36FN5O2. The number of nitrogens with zero attached hydrogens (tertiary/aromatic N) is 3. The number of aliphatic imine (C=N–C) groups is 1. The average molecular weight is 422 g/mol. The van der Waals surface area contributed by atoms with Crippen LogP contribution in [0, 0.1) is 5.82 Å². The highest BCUT2D eigenvalue weighted by atomic mass is 19.1. The zero-order valence-corrected chi connectivity index (χ0v) is 18.7. The average Bonchev–Trinajstić information content (AvgIpc) is 2.73. The molecule has 1 heterocycles. The number of hydrogen-bond acceptors (Lipinski definition) is 4. The number of halogens is 1. The summed E-state index contributed by atoms with van der Waals surface area (Å²) in [6.45, 7) is 5.68. The number of ether oxygens (including phenoxy) is 1. The lowest BCUT2D eigenvalue weighted by atomic mass is 10.0. The van der Waals surface area contributed by atoms with Crippen molar-refractivity contribution in [2.45, 2.75) is 45.2 Å². The van der Waals surface area contributed by atoms with E-state index in [1.807, 2.05) is 6.07 Å². The Labute approximate surface area is 179 Å². The predicted octanol–water partition coefficient (Wildman–Crippen LogP) is 2.22. The number of benzene rings is 1. The van der Waals surface area contributed by atoms with E-state index in [0.717, 1.165) is 57.4 Å². The van der Waals surface area contributed by atoms with Gasteiger partial charge in [-0.05, 0) is 37.0 Å². The molecule has 8 heteroatoms. The van der Waals surface area contributed by atoms with Gasteiger partial charge in [-0.3, -0.25) is 9.69 Å². The van der Waals surface area contributed by atoms with Crippen LogP contribution >= 0.6 is 0 Å². The number of piperidine rings is 1. The van der Waals surface area contributed by atoms with E-state index in [9.17, 15) is 9.18 Å². The Morgan fingerprint density at radius 2 is 2.07 bits per heavy atom. The molecule has 168 valence electrons. The molecule has 2 N–H and O–H groups in total. The van der Waals surface area contributed by atoms with Gasteiger partial charge in [-0.1, -0.05) is 19.4 Å². The van der Waals surface area contributed by atoms with Crippen LogP contribution in [0.3, 0.4) is 0 Å². The van der Waals surface area contributed by atoms with E-state index in [1.165, 1.54) is 7.11 Å². The first-order chi connectivity index (χ1) is 14.4. The van der Waals surface area contributed by atoms with Gasteiger partial charge in [-0.2, -0.15) is 0 Å². The van der Waals surface area contributed by atoms with Crippen LogP contribution in [0.1, 0.15) is 38.2 Å². The molecule has 0 aromatic heterocycles. The molecule has 1 aliphatic rings. The third-order valence-corrected chi connectivity index (χ3v) is 5.24. The molecule has 7 nitrogen and oxygen atoms in total. The first-order valence-corrected chi connectivity index (χ1v) is 10.7. The fraction of sp³-hybridized carbons (Fsp3) is 0.636. The van der Waals surface area contributed by atoms with Gasteiger partial charge in [0, 0.05) is 46.3 Å². The van der Waals surface area contributed by atoms with E-state index in [0.29, 0.717) is 12.0 Å². The van der Waals surface area contributed by atoms with Gasteiger partial charge in [0.1, 0.15) is 6.54 Å². The lowest BCUT2D eigenvalue weighted by Gasteiger charge is -2.33. The van der Waals surface area contributed by atoms with E-state index in [4.69, 9.17) is 4.74 Å². The topological polar surface area (TPSA) is 69.2 Å². The highest BCUT2D eigenvalue weighted by Gasteiger charge is 2.20. The Hall–Kier alpha value is -2.35. The van der Waals surface area contributed by atoms with Crippen LogP contribution in [0.15, 0.2) is 23.2 Å². The van der Waals surface area contributed by atoms with Gasteiger partial charge in [-0.25, -0.2) is 9.38 Å². The van der Waals surface area contributed by atoms with Gasteiger partial charge < -0.3 is 20.3 Å². The zero-order valence-electron chi connectivity index (χ0n) is 18.7. The van der Waals surface area contributed by atoms with Gasteiger partial charge >= 0.3 is 0 Å². The number of nitrogens with one attached hydrogen (secondary N) is 2. The van der Waals surface area contributed by atoms with Crippen LogP contribution in [0.25, 0.3) is 0 Å². The number of carbonyl (C=O) groups excluding carboxylic acids is 1.